The lowest BCUT2D eigenvalue weighted by Crippen LogP contribution is -2.46. The first-order chi connectivity index (χ1) is 12.5. The SMILES string of the molecule is CC(C)CNC(=O)[C@@H]1CCCN(C(=O)CCCOc2ccccc2Br)C1. The van der Waals surface area contributed by atoms with Crippen LogP contribution in [-0.2, 0) is 9.59 Å². The van der Waals surface area contributed by atoms with Gasteiger partial charge in [0.2, 0.25) is 11.8 Å². The summed E-state index contributed by atoms with van der Waals surface area (Å²) in [4.78, 5) is 26.5. The number of carbonyl (C=O) groups excluding carboxylic acids is 2. The Kier molecular flexibility index (Phi) is 8.42. The fourth-order valence-electron chi connectivity index (χ4n) is 2.99. The van der Waals surface area contributed by atoms with Crippen molar-refractivity contribution in [2.75, 3.05) is 26.2 Å². The zero-order chi connectivity index (χ0) is 18.9. The maximum absolute atomic E-state index is 12.4. The van der Waals surface area contributed by atoms with Crippen LogP contribution in [0.4, 0.5) is 0 Å². The number of benzene rings is 1. The molecule has 1 aliphatic rings. The number of hydrogen-bond donors (Lipinski definition) is 1. The second-order valence-corrected chi connectivity index (χ2v) is 8.05. The summed E-state index contributed by atoms with van der Waals surface area (Å²) >= 11 is 3.44. The van der Waals surface area contributed by atoms with E-state index in [-0.39, 0.29) is 17.7 Å². The Bertz CT molecular complexity index is 606. The van der Waals surface area contributed by atoms with Crippen molar-refractivity contribution in [3.63, 3.8) is 0 Å². The van der Waals surface area contributed by atoms with Gasteiger partial charge < -0.3 is 15.0 Å². The van der Waals surface area contributed by atoms with Crippen LogP contribution < -0.4 is 10.1 Å². The van der Waals surface area contributed by atoms with E-state index in [1.165, 1.54) is 0 Å². The molecule has 1 aliphatic heterocycles. The van der Waals surface area contributed by atoms with E-state index in [2.05, 4.69) is 35.1 Å². The molecular formula is C20H29BrN2O3. The minimum atomic E-state index is -0.0806. The van der Waals surface area contributed by atoms with Crippen molar-refractivity contribution in [2.45, 2.75) is 39.5 Å². The topological polar surface area (TPSA) is 58.6 Å². The molecule has 26 heavy (non-hydrogen) atoms. The van der Waals surface area contributed by atoms with Crippen LogP contribution in [0, 0.1) is 11.8 Å². The Morgan fingerprint density at radius 2 is 2.12 bits per heavy atom. The molecule has 6 heteroatoms. The molecule has 5 nitrogen and oxygen atoms in total. The Morgan fingerprint density at radius 3 is 2.85 bits per heavy atom. The van der Waals surface area contributed by atoms with Gasteiger partial charge in [0.05, 0.1) is 17.0 Å². The largest absolute Gasteiger partial charge is 0.492 e. The monoisotopic (exact) mass is 424 g/mol. The summed E-state index contributed by atoms with van der Waals surface area (Å²) in [5.41, 5.74) is 0. The van der Waals surface area contributed by atoms with Crippen LogP contribution in [0.1, 0.15) is 39.5 Å². The fourth-order valence-corrected chi connectivity index (χ4v) is 3.39. The van der Waals surface area contributed by atoms with Crippen molar-refractivity contribution in [3.05, 3.63) is 28.7 Å². The Labute approximate surface area is 164 Å². The highest BCUT2D eigenvalue weighted by atomic mass is 79.9. The summed E-state index contributed by atoms with van der Waals surface area (Å²) in [6.45, 7) is 6.63. The minimum Gasteiger partial charge on any atom is -0.492 e. The molecule has 1 atom stereocenters. The maximum Gasteiger partial charge on any atom is 0.224 e. The Balaban J connectivity index is 1.71. The van der Waals surface area contributed by atoms with Gasteiger partial charge in [0.15, 0.2) is 0 Å². The number of carbonyl (C=O) groups is 2. The lowest BCUT2D eigenvalue weighted by atomic mass is 9.96. The fraction of sp³-hybridized carbons (Fsp3) is 0.600. The summed E-state index contributed by atoms with van der Waals surface area (Å²) in [5.74, 6) is 1.34. The molecule has 1 aromatic rings. The van der Waals surface area contributed by atoms with E-state index in [4.69, 9.17) is 4.74 Å². The van der Waals surface area contributed by atoms with Crippen molar-refractivity contribution >= 4 is 27.7 Å². The molecule has 0 aromatic heterocycles. The third kappa shape index (κ3) is 6.63. The number of piperidine rings is 1. The molecule has 1 heterocycles. The average Bonchev–Trinajstić information content (AvgIpc) is 2.64. The van der Waals surface area contributed by atoms with Crippen molar-refractivity contribution in [3.8, 4) is 5.75 Å². The third-order valence-corrected chi connectivity index (χ3v) is 5.11. The summed E-state index contributed by atoms with van der Waals surface area (Å²) in [7, 11) is 0. The molecule has 0 radical (unpaired) electrons. The molecule has 2 rings (SSSR count). The quantitative estimate of drug-likeness (QED) is 0.648. The molecule has 1 saturated heterocycles. The van der Waals surface area contributed by atoms with Crippen molar-refractivity contribution in [1.82, 2.24) is 10.2 Å². The number of likely N-dealkylation sites (tertiary alicyclic amines) is 1. The van der Waals surface area contributed by atoms with E-state index < -0.39 is 0 Å². The first-order valence-corrected chi connectivity index (χ1v) is 10.2. The van der Waals surface area contributed by atoms with E-state index in [9.17, 15) is 9.59 Å². The first-order valence-electron chi connectivity index (χ1n) is 9.40. The number of nitrogens with one attached hydrogen (secondary N) is 1. The van der Waals surface area contributed by atoms with Crippen molar-refractivity contribution in [2.24, 2.45) is 11.8 Å². The van der Waals surface area contributed by atoms with E-state index in [1.54, 1.807) is 0 Å². The van der Waals surface area contributed by atoms with Gasteiger partial charge in [-0.25, -0.2) is 0 Å². The number of nitrogens with zero attached hydrogens (tertiary/aromatic N) is 1. The smallest absolute Gasteiger partial charge is 0.224 e. The van der Waals surface area contributed by atoms with E-state index in [1.807, 2.05) is 29.2 Å². The second kappa shape index (κ2) is 10.6. The first kappa shape index (κ1) is 20.7. The molecule has 0 spiro atoms. The zero-order valence-corrected chi connectivity index (χ0v) is 17.3. The molecule has 0 saturated carbocycles. The molecule has 0 unspecified atom stereocenters. The molecule has 0 aliphatic carbocycles. The highest BCUT2D eigenvalue weighted by molar-refractivity contribution is 9.10. The van der Waals surface area contributed by atoms with Gasteiger partial charge >= 0.3 is 0 Å². The molecule has 1 fully saturated rings. The number of ether oxygens (including phenoxy) is 1. The summed E-state index contributed by atoms with van der Waals surface area (Å²) in [6, 6.07) is 7.68. The van der Waals surface area contributed by atoms with Crippen LogP contribution in [0.15, 0.2) is 28.7 Å². The van der Waals surface area contributed by atoms with Crippen LogP contribution in [0.25, 0.3) is 0 Å². The molecular weight excluding hydrogens is 396 g/mol. The van der Waals surface area contributed by atoms with Gasteiger partial charge in [0.1, 0.15) is 5.75 Å². The summed E-state index contributed by atoms with van der Waals surface area (Å²) < 4.78 is 6.62. The molecule has 144 valence electrons. The number of amides is 2. The van der Waals surface area contributed by atoms with Crippen LogP contribution >= 0.6 is 15.9 Å². The summed E-state index contributed by atoms with van der Waals surface area (Å²) in [5, 5.41) is 2.99. The number of hydrogen-bond acceptors (Lipinski definition) is 3. The number of para-hydroxylation sites is 1. The minimum absolute atomic E-state index is 0.0773. The second-order valence-electron chi connectivity index (χ2n) is 7.20. The highest BCUT2D eigenvalue weighted by Gasteiger charge is 2.28. The van der Waals surface area contributed by atoms with Crippen molar-refractivity contribution in [1.29, 1.82) is 0 Å². The highest BCUT2D eigenvalue weighted by Crippen LogP contribution is 2.24. The van der Waals surface area contributed by atoms with Crippen LogP contribution in [0.3, 0.4) is 0 Å². The number of rotatable bonds is 8. The van der Waals surface area contributed by atoms with Gasteiger partial charge in [-0.2, -0.15) is 0 Å². The van der Waals surface area contributed by atoms with Crippen LogP contribution in [-0.4, -0.2) is 43.0 Å². The van der Waals surface area contributed by atoms with Crippen LogP contribution in [0.2, 0.25) is 0 Å². The predicted molar refractivity (Wildman–Crippen MR) is 106 cm³/mol. The lowest BCUT2D eigenvalue weighted by molar-refractivity contribution is -0.135. The Hall–Kier alpha value is -1.56. The number of halogens is 1. The van der Waals surface area contributed by atoms with Crippen molar-refractivity contribution < 1.29 is 14.3 Å². The van der Waals surface area contributed by atoms with Gasteiger partial charge in [0.25, 0.3) is 0 Å². The van der Waals surface area contributed by atoms with E-state index in [0.717, 1.165) is 29.6 Å². The third-order valence-electron chi connectivity index (χ3n) is 4.46. The van der Waals surface area contributed by atoms with E-state index in [0.29, 0.717) is 38.5 Å². The zero-order valence-electron chi connectivity index (χ0n) is 15.7. The lowest BCUT2D eigenvalue weighted by Gasteiger charge is -2.32. The Morgan fingerprint density at radius 1 is 1.35 bits per heavy atom. The predicted octanol–water partition coefficient (Wildman–Crippen LogP) is 3.62. The normalized spacial score (nSPS) is 17.2. The maximum atomic E-state index is 12.4. The average molecular weight is 425 g/mol. The summed E-state index contributed by atoms with van der Waals surface area (Å²) in [6.07, 6.45) is 2.86. The standard InChI is InChI=1S/C20H29BrN2O3/c1-15(2)13-22-20(25)16-7-5-11-23(14-16)19(24)10-6-12-26-18-9-4-3-8-17(18)21/h3-4,8-9,15-16H,5-7,10-14H2,1-2H3,(H,22,25)/t16-/m1/s1. The molecule has 1 aromatic carbocycles. The molecule has 2 amide bonds. The van der Waals surface area contributed by atoms with Gasteiger partial charge in [-0.05, 0) is 53.2 Å². The molecule has 0 bridgehead atoms. The molecule has 1 N–H and O–H groups in total. The van der Waals surface area contributed by atoms with Gasteiger partial charge in [0, 0.05) is 26.1 Å². The van der Waals surface area contributed by atoms with Gasteiger partial charge in [-0.3, -0.25) is 9.59 Å². The van der Waals surface area contributed by atoms with Gasteiger partial charge in [-0.1, -0.05) is 26.0 Å². The van der Waals surface area contributed by atoms with Crippen LogP contribution in [0.5, 0.6) is 5.75 Å². The van der Waals surface area contributed by atoms with E-state index >= 15 is 0 Å². The van der Waals surface area contributed by atoms with Gasteiger partial charge in [-0.15, -0.1) is 0 Å².